The molecule has 0 radical (unpaired) electrons. The van der Waals surface area contributed by atoms with Gasteiger partial charge in [-0.05, 0) is 36.4 Å². The lowest BCUT2D eigenvalue weighted by Gasteiger charge is -2.07. The number of ether oxygens (including phenoxy) is 1. The number of fused-ring (bicyclic) bond motifs is 1. The van der Waals surface area contributed by atoms with Crippen LogP contribution in [0, 0.1) is 0 Å². The highest BCUT2D eigenvalue weighted by molar-refractivity contribution is 9.10. The minimum absolute atomic E-state index is 0.0541. The van der Waals surface area contributed by atoms with Gasteiger partial charge in [0.2, 0.25) is 0 Å². The molecule has 5 nitrogen and oxygen atoms in total. The SMILES string of the molecule is COc1cccc(NC(=O)c2cc3cc(Br)ccc3[nH]c2=O)c1. The summed E-state index contributed by atoms with van der Waals surface area (Å²) in [5, 5.41) is 3.48. The molecule has 0 atom stereocenters. The van der Waals surface area contributed by atoms with Crippen LogP contribution < -0.4 is 15.6 Å². The largest absolute Gasteiger partial charge is 0.497 e. The van der Waals surface area contributed by atoms with E-state index in [0.29, 0.717) is 17.0 Å². The summed E-state index contributed by atoms with van der Waals surface area (Å²) >= 11 is 3.38. The Morgan fingerprint density at radius 3 is 2.78 bits per heavy atom. The third kappa shape index (κ3) is 3.27. The van der Waals surface area contributed by atoms with E-state index in [1.807, 2.05) is 12.1 Å². The van der Waals surface area contributed by atoms with E-state index in [2.05, 4.69) is 26.2 Å². The first-order valence-corrected chi connectivity index (χ1v) is 7.64. The predicted octanol–water partition coefficient (Wildman–Crippen LogP) is 3.55. The van der Waals surface area contributed by atoms with Gasteiger partial charge in [0.05, 0.1) is 7.11 Å². The molecular formula is C17H13BrN2O3. The van der Waals surface area contributed by atoms with Crippen LogP contribution in [0.5, 0.6) is 5.75 Å². The number of methoxy groups -OCH3 is 1. The van der Waals surface area contributed by atoms with Gasteiger partial charge in [0.1, 0.15) is 11.3 Å². The number of anilines is 1. The molecular weight excluding hydrogens is 360 g/mol. The van der Waals surface area contributed by atoms with E-state index in [9.17, 15) is 9.59 Å². The van der Waals surface area contributed by atoms with Gasteiger partial charge in [-0.1, -0.05) is 22.0 Å². The number of halogens is 1. The zero-order valence-corrected chi connectivity index (χ0v) is 13.8. The van der Waals surface area contributed by atoms with Crippen LogP contribution in [0.3, 0.4) is 0 Å². The maximum Gasteiger partial charge on any atom is 0.261 e. The number of amides is 1. The number of aromatic amines is 1. The Balaban J connectivity index is 1.96. The summed E-state index contributed by atoms with van der Waals surface area (Å²) < 4.78 is 5.98. The first kappa shape index (κ1) is 15.3. The van der Waals surface area contributed by atoms with Crippen LogP contribution in [-0.4, -0.2) is 18.0 Å². The molecule has 3 aromatic rings. The smallest absolute Gasteiger partial charge is 0.261 e. The monoisotopic (exact) mass is 372 g/mol. The molecule has 0 spiro atoms. The zero-order valence-electron chi connectivity index (χ0n) is 12.2. The van der Waals surface area contributed by atoms with Crippen molar-refractivity contribution in [3.05, 3.63) is 68.9 Å². The standard InChI is InChI=1S/C17H13BrN2O3/c1-23-13-4-2-3-12(9-13)19-16(21)14-8-10-7-11(18)5-6-15(10)20-17(14)22/h2-9H,1H3,(H,19,21)(H,20,22). The molecule has 0 aliphatic carbocycles. The topological polar surface area (TPSA) is 71.2 Å². The molecule has 0 fully saturated rings. The maximum atomic E-state index is 12.4. The van der Waals surface area contributed by atoms with Gasteiger partial charge in [-0.3, -0.25) is 9.59 Å². The number of H-pyrrole nitrogens is 1. The number of rotatable bonds is 3. The number of benzene rings is 2. The van der Waals surface area contributed by atoms with E-state index in [4.69, 9.17) is 4.74 Å². The molecule has 1 amide bonds. The van der Waals surface area contributed by atoms with E-state index < -0.39 is 11.5 Å². The molecule has 23 heavy (non-hydrogen) atoms. The summed E-state index contributed by atoms with van der Waals surface area (Å²) in [7, 11) is 1.55. The Morgan fingerprint density at radius 1 is 1.17 bits per heavy atom. The third-order valence-electron chi connectivity index (χ3n) is 3.38. The Labute approximate surface area is 140 Å². The minimum Gasteiger partial charge on any atom is -0.497 e. The molecule has 1 aromatic heterocycles. The molecule has 0 saturated carbocycles. The van der Waals surface area contributed by atoms with Gasteiger partial charge in [0.15, 0.2) is 0 Å². The van der Waals surface area contributed by atoms with Gasteiger partial charge in [0, 0.05) is 27.1 Å². The second-order valence-corrected chi connectivity index (χ2v) is 5.85. The number of aromatic nitrogens is 1. The molecule has 3 rings (SSSR count). The minimum atomic E-state index is -0.471. The van der Waals surface area contributed by atoms with Crippen molar-refractivity contribution in [2.24, 2.45) is 0 Å². The van der Waals surface area contributed by atoms with Gasteiger partial charge in [0.25, 0.3) is 11.5 Å². The number of carbonyl (C=O) groups excluding carboxylic acids is 1. The summed E-state index contributed by atoms with van der Waals surface area (Å²) in [5.74, 6) is 0.153. The van der Waals surface area contributed by atoms with Crippen molar-refractivity contribution in [1.82, 2.24) is 4.98 Å². The average Bonchev–Trinajstić information content (AvgIpc) is 2.54. The van der Waals surface area contributed by atoms with Crippen LogP contribution in [0.25, 0.3) is 10.9 Å². The Kier molecular flexibility index (Phi) is 4.16. The molecule has 0 saturated heterocycles. The van der Waals surface area contributed by atoms with Crippen LogP contribution in [-0.2, 0) is 0 Å². The van der Waals surface area contributed by atoms with Gasteiger partial charge < -0.3 is 15.0 Å². The fraction of sp³-hybridized carbons (Fsp3) is 0.0588. The maximum absolute atomic E-state index is 12.4. The van der Waals surface area contributed by atoms with Gasteiger partial charge in [-0.15, -0.1) is 0 Å². The number of carbonyl (C=O) groups is 1. The van der Waals surface area contributed by atoms with Crippen LogP contribution in [0.4, 0.5) is 5.69 Å². The average molecular weight is 373 g/mol. The van der Waals surface area contributed by atoms with Crippen molar-refractivity contribution in [3.63, 3.8) is 0 Å². The lowest BCUT2D eigenvalue weighted by atomic mass is 10.1. The summed E-state index contributed by atoms with van der Waals surface area (Å²) in [6.07, 6.45) is 0. The molecule has 116 valence electrons. The van der Waals surface area contributed by atoms with Crippen LogP contribution >= 0.6 is 15.9 Å². The summed E-state index contributed by atoms with van der Waals surface area (Å²) in [6.45, 7) is 0. The van der Waals surface area contributed by atoms with Crippen molar-refractivity contribution in [2.75, 3.05) is 12.4 Å². The summed E-state index contributed by atoms with van der Waals surface area (Å²) in [6, 6.07) is 14.0. The predicted molar refractivity (Wildman–Crippen MR) is 93.2 cm³/mol. The fourth-order valence-corrected chi connectivity index (χ4v) is 2.62. The Bertz CT molecular complexity index is 950. The highest BCUT2D eigenvalue weighted by Gasteiger charge is 2.12. The van der Waals surface area contributed by atoms with E-state index in [0.717, 1.165) is 9.86 Å². The molecule has 2 aromatic carbocycles. The first-order valence-electron chi connectivity index (χ1n) is 6.85. The molecule has 0 aliphatic rings. The highest BCUT2D eigenvalue weighted by atomic mass is 79.9. The van der Waals surface area contributed by atoms with Gasteiger partial charge >= 0.3 is 0 Å². The summed E-state index contributed by atoms with van der Waals surface area (Å²) in [5.41, 5.74) is 0.859. The fourth-order valence-electron chi connectivity index (χ4n) is 2.25. The molecule has 0 aliphatic heterocycles. The Hall–Kier alpha value is -2.60. The lowest BCUT2D eigenvalue weighted by Crippen LogP contribution is -2.23. The van der Waals surface area contributed by atoms with E-state index in [1.54, 1.807) is 43.5 Å². The molecule has 1 heterocycles. The number of nitrogens with one attached hydrogen (secondary N) is 2. The van der Waals surface area contributed by atoms with E-state index >= 15 is 0 Å². The van der Waals surface area contributed by atoms with Crippen molar-refractivity contribution in [1.29, 1.82) is 0 Å². The molecule has 0 bridgehead atoms. The zero-order chi connectivity index (χ0) is 16.4. The summed E-state index contributed by atoms with van der Waals surface area (Å²) in [4.78, 5) is 27.2. The van der Waals surface area contributed by atoms with Crippen molar-refractivity contribution < 1.29 is 9.53 Å². The van der Waals surface area contributed by atoms with Crippen LogP contribution in [0.2, 0.25) is 0 Å². The normalized spacial score (nSPS) is 10.5. The highest BCUT2D eigenvalue weighted by Crippen LogP contribution is 2.19. The second kappa shape index (κ2) is 6.26. The van der Waals surface area contributed by atoms with Gasteiger partial charge in [-0.25, -0.2) is 0 Å². The van der Waals surface area contributed by atoms with E-state index in [1.165, 1.54) is 0 Å². The third-order valence-corrected chi connectivity index (χ3v) is 3.87. The lowest BCUT2D eigenvalue weighted by molar-refractivity contribution is 0.102. The molecule has 2 N–H and O–H groups in total. The van der Waals surface area contributed by atoms with Crippen molar-refractivity contribution in [2.45, 2.75) is 0 Å². The number of pyridine rings is 1. The number of hydrogen-bond acceptors (Lipinski definition) is 3. The van der Waals surface area contributed by atoms with Crippen molar-refractivity contribution >= 4 is 38.4 Å². The first-order chi connectivity index (χ1) is 11.1. The second-order valence-electron chi connectivity index (χ2n) is 4.93. The van der Waals surface area contributed by atoms with Crippen molar-refractivity contribution in [3.8, 4) is 5.75 Å². The van der Waals surface area contributed by atoms with E-state index in [-0.39, 0.29) is 5.56 Å². The van der Waals surface area contributed by atoms with Crippen LogP contribution in [0.15, 0.2) is 57.8 Å². The quantitative estimate of drug-likeness (QED) is 0.738. The molecule has 0 unspecified atom stereocenters. The molecule has 6 heteroatoms. The number of hydrogen-bond donors (Lipinski definition) is 2. The van der Waals surface area contributed by atoms with Crippen LogP contribution in [0.1, 0.15) is 10.4 Å². The Morgan fingerprint density at radius 2 is 2.00 bits per heavy atom. The van der Waals surface area contributed by atoms with Gasteiger partial charge in [-0.2, -0.15) is 0 Å².